The Kier molecular flexibility index (Phi) is 6.54. The zero-order valence-corrected chi connectivity index (χ0v) is 17.4. The Balaban J connectivity index is 1.51. The van der Waals surface area contributed by atoms with Gasteiger partial charge in [0.15, 0.2) is 6.61 Å². The number of carbonyl (C=O) groups is 1. The summed E-state index contributed by atoms with van der Waals surface area (Å²) in [6.07, 6.45) is 0.626. The monoisotopic (exact) mass is 397 g/mol. The highest BCUT2D eigenvalue weighted by molar-refractivity contribution is 5.88. The van der Waals surface area contributed by atoms with Gasteiger partial charge in [-0.3, -0.25) is 4.79 Å². The summed E-state index contributed by atoms with van der Waals surface area (Å²) in [6.45, 7) is 5.19. The van der Waals surface area contributed by atoms with Crippen LogP contribution >= 0.6 is 0 Å². The second-order valence-electron chi connectivity index (χ2n) is 7.61. The Labute approximate surface area is 170 Å². The maximum Gasteiger partial charge on any atom is 0.257 e. The number of halogens is 1. The van der Waals surface area contributed by atoms with Gasteiger partial charge in [-0.15, -0.1) is 0 Å². The number of carbonyl (C=O) groups excluding carboxylic acids is 1. The van der Waals surface area contributed by atoms with Gasteiger partial charge in [0, 0.05) is 24.2 Å². The molecule has 1 aromatic heterocycles. The van der Waals surface area contributed by atoms with E-state index in [9.17, 15) is 9.18 Å². The number of aromatic amines is 1. The van der Waals surface area contributed by atoms with E-state index in [0.717, 1.165) is 28.8 Å². The molecular formula is C23H28FN3O2. The van der Waals surface area contributed by atoms with Gasteiger partial charge in [0.05, 0.1) is 5.52 Å². The van der Waals surface area contributed by atoms with Crippen molar-refractivity contribution in [2.75, 3.05) is 27.2 Å². The fourth-order valence-electron chi connectivity index (χ4n) is 3.54. The quantitative estimate of drug-likeness (QED) is 0.609. The van der Waals surface area contributed by atoms with Gasteiger partial charge < -0.3 is 19.9 Å². The van der Waals surface area contributed by atoms with Gasteiger partial charge in [-0.25, -0.2) is 4.39 Å². The van der Waals surface area contributed by atoms with Gasteiger partial charge in [0.25, 0.3) is 5.91 Å². The molecule has 0 unspecified atom stereocenters. The highest BCUT2D eigenvalue weighted by Crippen LogP contribution is 2.27. The predicted octanol–water partition coefficient (Wildman–Crippen LogP) is 3.72. The van der Waals surface area contributed by atoms with Gasteiger partial charge in [0.2, 0.25) is 0 Å². The van der Waals surface area contributed by atoms with Crippen LogP contribution in [0.4, 0.5) is 4.39 Å². The van der Waals surface area contributed by atoms with Gasteiger partial charge >= 0.3 is 0 Å². The third-order valence-corrected chi connectivity index (χ3v) is 4.92. The molecule has 1 amide bonds. The highest BCUT2D eigenvalue weighted by atomic mass is 19.1. The molecule has 0 spiro atoms. The molecule has 2 N–H and O–H groups in total. The van der Waals surface area contributed by atoms with Crippen molar-refractivity contribution >= 4 is 16.8 Å². The average molecular weight is 397 g/mol. The number of benzene rings is 2. The van der Waals surface area contributed by atoms with Crippen LogP contribution in [0.15, 0.2) is 36.4 Å². The molecule has 154 valence electrons. The van der Waals surface area contributed by atoms with Crippen LogP contribution in [0.1, 0.15) is 22.4 Å². The molecule has 6 heteroatoms. The van der Waals surface area contributed by atoms with Crippen LogP contribution in [0.3, 0.4) is 0 Å². The minimum Gasteiger partial charge on any atom is -0.484 e. The second kappa shape index (κ2) is 9.09. The number of H-pyrrole nitrogens is 1. The SMILES string of the molecule is Cc1[nH]c2c(F)ccc(C)c2c1CCNC(=O)COc1ccc(CN(C)C)cc1. The number of fused-ring (bicyclic) bond motifs is 1. The molecule has 0 bridgehead atoms. The maximum absolute atomic E-state index is 14.0. The van der Waals surface area contributed by atoms with Gasteiger partial charge in [0.1, 0.15) is 11.6 Å². The number of nitrogens with zero attached hydrogens (tertiary/aromatic N) is 1. The van der Waals surface area contributed by atoms with Gasteiger partial charge in [-0.1, -0.05) is 18.2 Å². The molecule has 0 radical (unpaired) electrons. The normalized spacial score (nSPS) is 11.2. The number of amides is 1. The highest BCUT2D eigenvalue weighted by Gasteiger charge is 2.14. The summed E-state index contributed by atoms with van der Waals surface area (Å²) in [5.41, 5.74) is 4.71. The molecule has 0 aliphatic carbocycles. The number of aryl methyl sites for hydroxylation is 2. The molecular weight excluding hydrogens is 369 g/mol. The van der Waals surface area contributed by atoms with Crippen molar-refractivity contribution in [3.8, 4) is 5.75 Å². The van der Waals surface area contributed by atoms with Crippen LogP contribution in [-0.4, -0.2) is 43.0 Å². The van der Waals surface area contributed by atoms with Gasteiger partial charge in [-0.05, 0) is 69.3 Å². The first kappa shape index (κ1) is 20.9. The summed E-state index contributed by atoms with van der Waals surface area (Å²) in [7, 11) is 4.04. The number of rotatable bonds is 8. The van der Waals surface area contributed by atoms with Crippen molar-refractivity contribution in [1.82, 2.24) is 15.2 Å². The van der Waals surface area contributed by atoms with E-state index in [-0.39, 0.29) is 18.3 Å². The van der Waals surface area contributed by atoms with Crippen LogP contribution in [0.25, 0.3) is 10.9 Å². The molecule has 2 aromatic carbocycles. The summed E-state index contributed by atoms with van der Waals surface area (Å²) in [4.78, 5) is 17.3. The fourth-order valence-corrected chi connectivity index (χ4v) is 3.54. The van der Waals surface area contributed by atoms with E-state index in [0.29, 0.717) is 24.2 Å². The molecule has 1 heterocycles. The van der Waals surface area contributed by atoms with Crippen LogP contribution < -0.4 is 10.1 Å². The molecule has 3 aromatic rings. The lowest BCUT2D eigenvalue weighted by Crippen LogP contribution is -2.30. The van der Waals surface area contributed by atoms with Crippen LogP contribution in [-0.2, 0) is 17.8 Å². The molecule has 5 nitrogen and oxygen atoms in total. The molecule has 0 saturated carbocycles. The topological polar surface area (TPSA) is 57.4 Å². The lowest BCUT2D eigenvalue weighted by Gasteiger charge is -2.11. The van der Waals surface area contributed by atoms with E-state index < -0.39 is 0 Å². The summed E-state index contributed by atoms with van der Waals surface area (Å²) >= 11 is 0. The van der Waals surface area contributed by atoms with Crippen LogP contribution in [0.5, 0.6) is 5.75 Å². The van der Waals surface area contributed by atoms with E-state index in [1.165, 1.54) is 11.6 Å². The Bertz CT molecular complexity index is 994. The third-order valence-electron chi connectivity index (χ3n) is 4.92. The first-order valence-corrected chi connectivity index (χ1v) is 9.74. The first-order chi connectivity index (χ1) is 13.8. The van der Waals surface area contributed by atoms with Gasteiger partial charge in [-0.2, -0.15) is 0 Å². The van der Waals surface area contributed by atoms with E-state index in [4.69, 9.17) is 4.74 Å². The lowest BCUT2D eigenvalue weighted by molar-refractivity contribution is -0.123. The molecule has 0 fully saturated rings. The first-order valence-electron chi connectivity index (χ1n) is 9.74. The Hall–Kier alpha value is -2.86. The zero-order valence-electron chi connectivity index (χ0n) is 17.4. The fraction of sp³-hybridized carbons (Fsp3) is 0.348. The third kappa shape index (κ3) is 5.15. The minimum atomic E-state index is -0.256. The number of aromatic nitrogens is 1. The van der Waals surface area contributed by atoms with E-state index in [1.807, 2.05) is 52.2 Å². The maximum atomic E-state index is 14.0. The molecule has 3 rings (SSSR count). The number of hydrogen-bond donors (Lipinski definition) is 2. The Morgan fingerprint density at radius 2 is 1.86 bits per heavy atom. The number of ether oxygens (including phenoxy) is 1. The van der Waals surface area contributed by atoms with Crippen molar-refractivity contribution in [3.63, 3.8) is 0 Å². The van der Waals surface area contributed by atoms with E-state index in [2.05, 4.69) is 15.2 Å². The van der Waals surface area contributed by atoms with Crippen molar-refractivity contribution in [2.45, 2.75) is 26.8 Å². The molecule has 0 aliphatic rings. The van der Waals surface area contributed by atoms with Crippen LogP contribution in [0, 0.1) is 19.7 Å². The van der Waals surface area contributed by atoms with Crippen molar-refractivity contribution < 1.29 is 13.9 Å². The lowest BCUT2D eigenvalue weighted by atomic mass is 10.0. The van der Waals surface area contributed by atoms with E-state index in [1.54, 1.807) is 6.07 Å². The largest absolute Gasteiger partial charge is 0.484 e. The summed E-state index contributed by atoms with van der Waals surface area (Å²) in [5, 5.41) is 3.78. The molecule has 0 aliphatic heterocycles. The van der Waals surface area contributed by atoms with E-state index >= 15 is 0 Å². The smallest absolute Gasteiger partial charge is 0.257 e. The zero-order chi connectivity index (χ0) is 21.0. The molecule has 29 heavy (non-hydrogen) atoms. The second-order valence-corrected chi connectivity index (χ2v) is 7.61. The number of hydrogen-bond acceptors (Lipinski definition) is 3. The molecule has 0 atom stereocenters. The summed E-state index contributed by atoms with van der Waals surface area (Å²) in [5.74, 6) is 0.234. The standard InChI is InChI=1S/C23H28FN3O2/c1-15-5-10-20(24)23-22(15)19(16(2)26-23)11-12-25-21(28)14-29-18-8-6-17(7-9-18)13-27(3)4/h5-10,26H,11-14H2,1-4H3,(H,25,28). The summed E-state index contributed by atoms with van der Waals surface area (Å²) in [6, 6.07) is 11.0. The predicted molar refractivity (Wildman–Crippen MR) is 114 cm³/mol. The van der Waals surface area contributed by atoms with Crippen molar-refractivity contribution in [2.24, 2.45) is 0 Å². The number of nitrogens with one attached hydrogen (secondary N) is 2. The van der Waals surface area contributed by atoms with Crippen LogP contribution in [0.2, 0.25) is 0 Å². The Morgan fingerprint density at radius 1 is 1.14 bits per heavy atom. The molecule has 0 saturated heterocycles. The van der Waals surface area contributed by atoms with Crippen molar-refractivity contribution in [3.05, 3.63) is 64.6 Å². The van der Waals surface area contributed by atoms with Crippen molar-refractivity contribution in [1.29, 1.82) is 0 Å². The average Bonchev–Trinajstić information content (AvgIpc) is 3.01. The minimum absolute atomic E-state index is 0.0342. The summed E-state index contributed by atoms with van der Waals surface area (Å²) < 4.78 is 19.6. The Morgan fingerprint density at radius 3 is 2.55 bits per heavy atom.